The molecule has 0 amide bonds. The summed E-state index contributed by atoms with van der Waals surface area (Å²) in [5.41, 5.74) is 0. The molecule has 1 atom stereocenters. The van der Waals surface area contributed by atoms with Crippen LogP contribution in [0.25, 0.3) is 0 Å². The van der Waals surface area contributed by atoms with E-state index in [-0.39, 0.29) is 6.04 Å². The Hall–Kier alpha value is -0.130. The van der Waals surface area contributed by atoms with Crippen molar-refractivity contribution in [3.63, 3.8) is 0 Å². The van der Waals surface area contributed by atoms with Crippen LogP contribution in [0, 0.1) is 0 Å². The topological polar surface area (TPSA) is 46.6 Å². The first kappa shape index (κ1) is 9.95. The Morgan fingerprint density at radius 3 is 2.67 bits per heavy atom. The molecule has 5 heteroatoms. The van der Waals surface area contributed by atoms with Crippen LogP contribution >= 0.6 is 0 Å². The van der Waals surface area contributed by atoms with Gasteiger partial charge in [-0.2, -0.15) is 12.7 Å². The van der Waals surface area contributed by atoms with Crippen molar-refractivity contribution in [2.75, 3.05) is 13.2 Å². The number of hydrogen-bond donors (Lipinski definition) is 0. The minimum Gasteiger partial charge on any atom is -0.256 e. The molecule has 1 fully saturated rings. The van der Waals surface area contributed by atoms with Crippen LogP contribution in [0.1, 0.15) is 26.7 Å². The summed E-state index contributed by atoms with van der Waals surface area (Å²) < 4.78 is 28.5. The molecule has 4 nitrogen and oxygen atoms in total. The van der Waals surface area contributed by atoms with E-state index < -0.39 is 10.3 Å². The molecule has 0 aliphatic carbocycles. The molecule has 0 unspecified atom stereocenters. The molecule has 1 aliphatic rings. The summed E-state index contributed by atoms with van der Waals surface area (Å²) in [5.74, 6) is 0. The Labute approximate surface area is 73.8 Å². The summed E-state index contributed by atoms with van der Waals surface area (Å²) in [6.45, 7) is 4.70. The molecule has 0 N–H and O–H groups in total. The van der Waals surface area contributed by atoms with Crippen molar-refractivity contribution in [1.82, 2.24) is 4.31 Å². The van der Waals surface area contributed by atoms with E-state index in [1.165, 1.54) is 4.31 Å². The number of rotatable bonds is 3. The Balaban J connectivity index is 2.70. The second-order valence-corrected chi connectivity index (χ2v) is 4.45. The lowest BCUT2D eigenvalue weighted by molar-refractivity contribution is 0.300. The van der Waals surface area contributed by atoms with Crippen molar-refractivity contribution < 1.29 is 12.6 Å². The van der Waals surface area contributed by atoms with Gasteiger partial charge in [0.2, 0.25) is 0 Å². The summed E-state index contributed by atoms with van der Waals surface area (Å²) in [5, 5.41) is 0. The molecule has 12 heavy (non-hydrogen) atoms. The predicted molar refractivity (Wildman–Crippen MR) is 45.9 cm³/mol. The molecule has 0 bridgehead atoms. The fourth-order valence-electron chi connectivity index (χ4n) is 1.47. The summed E-state index contributed by atoms with van der Waals surface area (Å²) in [6.07, 6.45) is 1.87. The molecule has 0 aromatic heterocycles. The second kappa shape index (κ2) is 3.72. The molecule has 1 rings (SSSR count). The average molecular weight is 193 g/mol. The van der Waals surface area contributed by atoms with E-state index in [4.69, 9.17) is 4.18 Å². The third-order valence-corrected chi connectivity index (χ3v) is 3.60. The largest absolute Gasteiger partial charge is 0.338 e. The lowest BCUT2D eigenvalue weighted by atomic mass is 10.2. The van der Waals surface area contributed by atoms with Crippen molar-refractivity contribution >= 4 is 10.3 Å². The maximum absolute atomic E-state index is 11.2. The minimum atomic E-state index is -3.38. The standard InChI is InChI=1S/C7H15NO3S/c1-3-5-7-6-11-12(9,10)8(7)4-2/h7H,3-6H2,1-2H3/t7-/m1/s1. The van der Waals surface area contributed by atoms with Crippen LogP contribution in [0.4, 0.5) is 0 Å². The van der Waals surface area contributed by atoms with Gasteiger partial charge in [0, 0.05) is 6.54 Å². The van der Waals surface area contributed by atoms with Gasteiger partial charge >= 0.3 is 10.3 Å². The summed E-state index contributed by atoms with van der Waals surface area (Å²) in [7, 11) is -3.38. The Morgan fingerprint density at radius 1 is 1.50 bits per heavy atom. The lowest BCUT2D eigenvalue weighted by Crippen LogP contribution is -2.33. The van der Waals surface area contributed by atoms with Crippen molar-refractivity contribution in [3.8, 4) is 0 Å². The van der Waals surface area contributed by atoms with E-state index in [1.54, 1.807) is 0 Å². The molecule has 0 aromatic rings. The van der Waals surface area contributed by atoms with E-state index in [2.05, 4.69) is 0 Å². The van der Waals surface area contributed by atoms with Crippen LogP contribution in [-0.2, 0) is 14.5 Å². The zero-order valence-corrected chi connectivity index (χ0v) is 8.30. The van der Waals surface area contributed by atoms with Gasteiger partial charge in [0.25, 0.3) is 0 Å². The Bertz CT molecular complexity index is 237. The first-order valence-corrected chi connectivity index (χ1v) is 5.64. The van der Waals surface area contributed by atoms with Crippen LogP contribution in [0.2, 0.25) is 0 Å². The normalized spacial score (nSPS) is 29.3. The highest BCUT2D eigenvalue weighted by molar-refractivity contribution is 7.84. The van der Waals surface area contributed by atoms with Crippen molar-refractivity contribution in [2.24, 2.45) is 0 Å². The number of nitrogens with zero attached hydrogens (tertiary/aromatic N) is 1. The molecular formula is C7H15NO3S. The molecule has 0 radical (unpaired) electrons. The van der Waals surface area contributed by atoms with E-state index in [0.29, 0.717) is 13.2 Å². The fourth-order valence-corrected chi connectivity index (χ4v) is 2.79. The fraction of sp³-hybridized carbons (Fsp3) is 1.00. The minimum absolute atomic E-state index is 0.0602. The highest BCUT2D eigenvalue weighted by atomic mass is 32.2. The maximum atomic E-state index is 11.2. The van der Waals surface area contributed by atoms with Gasteiger partial charge in [0.15, 0.2) is 0 Å². The van der Waals surface area contributed by atoms with E-state index in [0.717, 1.165) is 12.8 Å². The molecule has 1 saturated heterocycles. The Morgan fingerprint density at radius 2 is 2.17 bits per heavy atom. The lowest BCUT2D eigenvalue weighted by Gasteiger charge is -2.17. The molecular weight excluding hydrogens is 178 g/mol. The van der Waals surface area contributed by atoms with Crippen LogP contribution in [-0.4, -0.2) is 31.9 Å². The number of hydrogen-bond acceptors (Lipinski definition) is 3. The molecule has 0 spiro atoms. The summed E-state index contributed by atoms with van der Waals surface area (Å²) >= 11 is 0. The molecule has 1 heterocycles. The van der Waals surface area contributed by atoms with Crippen molar-refractivity contribution in [1.29, 1.82) is 0 Å². The first-order valence-electron chi connectivity index (χ1n) is 4.28. The summed E-state index contributed by atoms with van der Waals surface area (Å²) in [6, 6.07) is 0.0602. The van der Waals surface area contributed by atoms with Gasteiger partial charge in [-0.1, -0.05) is 20.3 Å². The number of likely N-dealkylation sites (N-methyl/N-ethyl adjacent to an activating group) is 1. The van der Waals surface area contributed by atoms with E-state index in [1.807, 2.05) is 13.8 Å². The molecule has 72 valence electrons. The quantitative estimate of drug-likeness (QED) is 0.664. The van der Waals surface area contributed by atoms with Gasteiger partial charge in [0.05, 0.1) is 12.6 Å². The first-order chi connectivity index (χ1) is 5.61. The van der Waals surface area contributed by atoms with Crippen LogP contribution in [0.3, 0.4) is 0 Å². The second-order valence-electron chi connectivity index (χ2n) is 2.89. The van der Waals surface area contributed by atoms with Gasteiger partial charge < -0.3 is 0 Å². The highest BCUT2D eigenvalue weighted by Crippen LogP contribution is 2.21. The summed E-state index contributed by atoms with van der Waals surface area (Å²) in [4.78, 5) is 0. The van der Waals surface area contributed by atoms with Crippen LogP contribution < -0.4 is 0 Å². The third-order valence-electron chi connectivity index (χ3n) is 2.04. The zero-order valence-electron chi connectivity index (χ0n) is 7.49. The van der Waals surface area contributed by atoms with Crippen LogP contribution in [0.15, 0.2) is 0 Å². The van der Waals surface area contributed by atoms with E-state index in [9.17, 15) is 8.42 Å². The van der Waals surface area contributed by atoms with Crippen molar-refractivity contribution in [2.45, 2.75) is 32.7 Å². The average Bonchev–Trinajstić information content (AvgIpc) is 2.27. The maximum Gasteiger partial charge on any atom is 0.338 e. The molecule has 0 saturated carbocycles. The third kappa shape index (κ3) is 1.78. The molecule has 0 aromatic carbocycles. The van der Waals surface area contributed by atoms with Gasteiger partial charge in [-0.3, -0.25) is 4.18 Å². The molecule has 1 aliphatic heterocycles. The zero-order chi connectivity index (χ0) is 9.19. The highest BCUT2D eigenvalue weighted by Gasteiger charge is 2.36. The smallest absolute Gasteiger partial charge is 0.256 e. The van der Waals surface area contributed by atoms with Gasteiger partial charge in [-0.15, -0.1) is 0 Å². The predicted octanol–water partition coefficient (Wildman–Crippen LogP) is 0.752. The van der Waals surface area contributed by atoms with Gasteiger partial charge in [-0.25, -0.2) is 0 Å². The van der Waals surface area contributed by atoms with Crippen LogP contribution in [0.5, 0.6) is 0 Å². The Kier molecular flexibility index (Phi) is 3.09. The SMILES string of the molecule is CCC[C@@H]1COS(=O)(=O)N1CC. The van der Waals surface area contributed by atoms with Gasteiger partial charge in [-0.05, 0) is 6.42 Å². The monoisotopic (exact) mass is 193 g/mol. The van der Waals surface area contributed by atoms with Crippen molar-refractivity contribution in [3.05, 3.63) is 0 Å². The van der Waals surface area contributed by atoms with E-state index >= 15 is 0 Å². The van der Waals surface area contributed by atoms with Gasteiger partial charge in [0.1, 0.15) is 0 Å².